The number of hydrogen-bond donors (Lipinski definition) is 1. The van der Waals surface area contributed by atoms with E-state index in [1.54, 1.807) is 36.4 Å². The summed E-state index contributed by atoms with van der Waals surface area (Å²) in [7, 11) is 0. The molecule has 0 spiro atoms. The van der Waals surface area contributed by atoms with Crippen molar-refractivity contribution in [3.05, 3.63) is 53.3 Å². The molecule has 0 saturated carbocycles. The van der Waals surface area contributed by atoms with Crippen LogP contribution in [-0.4, -0.2) is 29.6 Å². The van der Waals surface area contributed by atoms with E-state index in [0.717, 1.165) is 6.42 Å². The van der Waals surface area contributed by atoms with E-state index in [-0.39, 0.29) is 5.15 Å². The standard InChI is InChI=1S/C18H19ClN2O4/c1-3-11-24-14-8-6-13(7-9-14)18(23)25-12(2)17(22)21-15-5-4-10-20-16(15)19/h4-10,12H,3,11H2,1-2H3,(H,21,22)/t12-/m1/s1. The van der Waals surface area contributed by atoms with Crippen LogP contribution < -0.4 is 10.1 Å². The molecule has 0 aliphatic carbocycles. The van der Waals surface area contributed by atoms with Crippen LogP contribution in [0.5, 0.6) is 5.75 Å². The van der Waals surface area contributed by atoms with E-state index < -0.39 is 18.0 Å². The first-order valence-corrected chi connectivity index (χ1v) is 8.24. The number of nitrogens with one attached hydrogen (secondary N) is 1. The van der Waals surface area contributed by atoms with Crippen LogP contribution in [0.4, 0.5) is 5.69 Å². The lowest BCUT2D eigenvalue weighted by molar-refractivity contribution is -0.123. The third-order valence-electron chi connectivity index (χ3n) is 3.23. The summed E-state index contributed by atoms with van der Waals surface area (Å²) >= 11 is 5.88. The highest BCUT2D eigenvalue weighted by molar-refractivity contribution is 6.32. The summed E-state index contributed by atoms with van der Waals surface area (Å²) in [5.41, 5.74) is 0.692. The average molecular weight is 363 g/mol. The summed E-state index contributed by atoms with van der Waals surface area (Å²) in [6.45, 7) is 4.10. The number of halogens is 1. The van der Waals surface area contributed by atoms with Gasteiger partial charge in [-0.2, -0.15) is 0 Å². The van der Waals surface area contributed by atoms with E-state index in [1.807, 2.05) is 6.92 Å². The second-order valence-electron chi connectivity index (χ2n) is 5.25. The van der Waals surface area contributed by atoms with Crippen molar-refractivity contribution < 1.29 is 19.1 Å². The summed E-state index contributed by atoms with van der Waals surface area (Å²) in [5, 5.41) is 2.73. The van der Waals surface area contributed by atoms with Crippen LogP contribution in [0.25, 0.3) is 0 Å². The van der Waals surface area contributed by atoms with Crippen LogP contribution in [0.15, 0.2) is 42.6 Å². The lowest BCUT2D eigenvalue weighted by Gasteiger charge is -2.14. The SMILES string of the molecule is CCCOc1ccc(C(=O)O[C@H](C)C(=O)Nc2cccnc2Cl)cc1. The number of ether oxygens (including phenoxy) is 2. The van der Waals surface area contributed by atoms with Crippen LogP contribution >= 0.6 is 11.6 Å². The molecule has 0 fully saturated rings. The zero-order chi connectivity index (χ0) is 18.2. The van der Waals surface area contributed by atoms with E-state index in [0.29, 0.717) is 23.6 Å². The van der Waals surface area contributed by atoms with Gasteiger partial charge < -0.3 is 14.8 Å². The molecule has 1 aromatic heterocycles. The predicted molar refractivity (Wildman–Crippen MR) is 95.0 cm³/mol. The predicted octanol–water partition coefficient (Wildman–Crippen LogP) is 3.71. The minimum Gasteiger partial charge on any atom is -0.494 e. The maximum Gasteiger partial charge on any atom is 0.338 e. The Morgan fingerprint density at radius 2 is 1.96 bits per heavy atom. The number of rotatable bonds is 7. The molecular weight excluding hydrogens is 344 g/mol. The van der Waals surface area contributed by atoms with E-state index in [4.69, 9.17) is 21.1 Å². The maximum absolute atomic E-state index is 12.1. The van der Waals surface area contributed by atoms with Crippen LogP contribution in [0.1, 0.15) is 30.6 Å². The molecule has 0 saturated heterocycles. The molecular formula is C18H19ClN2O4. The highest BCUT2D eigenvalue weighted by atomic mass is 35.5. The summed E-state index contributed by atoms with van der Waals surface area (Å²) in [6.07, 6.45) is 1.42. The van der Waals surface area contributed by atoms with E-state index in [9.17, 15) is 9.59 Å². The van der Waals surface area contributed by atoms with Gasteiger partial charge in [-0.1, -0.05) is 18.5 Å². The van der Waals surface area contributed by atoms with Gasteiger partial charge in [0, 0.05) is 6.20 Å². The Bertz CT molecular complexity index is 734. The van der Waals surface area contributed by atoms with Gasteiger partial charge in [-0.15, -0.1) is 0 Å². The molecule has 1 amide bonds. The Morgan fingerprint density at radius 1 is 1.24 bits per heavy atom. The van der Waals surface area contributed by atoms with Crippen molar-refractivity contribution in [2.45, 2.75) is 26.4 Å². The van der Waals surface area contributed by atoms with Gasteiger partial charge in [0.15, 0.2) is 11.3 Å². The third-order valence-corrected chi connectivity index (χ3v) is 3.53. The molecule has 0 aliphatic heterocycles. The highest BCUT2D eigenvalue weighted by Crippen LogP contribution is 2.18. The minimum atomic E-state index is -0.986. The molecule has 2 rings (SSSR count). The fourth-order valence-electron chi connectivity index (χ4n) is 1.90. The Morgan fingerprint density at radius 3 is 2.60 bits per heavy atom. The second kappa shape index (κ2) is 9.03. The van der Waals surface area contributed by atoms with Crippen molar-refractivity contribution in [3.63, 3.8) is 0 Å². The van der Waals surface area contributed by atoms with Crippen molar-refractivity contribution in [2.24, 2.45) is 0 Å². The molecule has 132 valence electrons. The van der Waals surface area contributed by atoms with Crippen LogP contribution in [0.3, 0.4) is 0 Å². The lowest BCUT2D eigenvalue weighted by atomic mass is 10.2. The van der Waals surface area contributed by atoms with Crippen molar-refractivity contribution in [2.75, 3.05) is 11.9 Å². The van der Waals surface area contributed by atoms with E-state index in [1.165, 1.54) is 13.1 Å². The van der Waals surface area contributed by atoms with Crippen LogP contribution in [0.2, 0.25) is 5.15 Å². The first kappa shape index (κ1) is 18.7. The number of esters is 1. The van der Waals surface area contributed by atoms with Crippen LogP contribution in [-0.2, 0) is 9.53 Å². The molecule has 1 N–H and O–H groups in total. The molecule has 1 atom stereocenters. The van der Waals surface area contributed by atoms with Gasteiger partial charge in [0.2, 0.25) is 0 Å². The molecule has 6 nitrogen and oxygen atoms in total. The maximum atomic E-state index is 12.1. The third kappa shape index (κ3) is 5.46. The zero-order valence-electron chi connectivity index (χ0n) is 14.0. The monoisotopic (exact) mass is 362 g/mol. The number of anilines is 1. The topological polar surface area (TPSA) is 77.5 Å². The Kier molecular flexibility index (Phi) is 6.77. The number of pyridine rings is 1. The van der Waals surface area contributed by atoms with Crippen molar-refractivity contribution in [1.82, 2.24) is 4.98 Å². The zero-order valence-corrected chi connectivity index (χ0v) is 14.7. The summed E-state index contributed by atoms with van der Waals surface area (Å²) in [5.74, 6) is -0.413. The molecule has 0 bridgehead atoms. The van der Waals surface area contributed by atoms with Gasteiger partial charge in [0.25, 0.3) is 5.91 Å². The van der Waals surface area contributed by atoms with Crippen molar-refractivity contribution in [3.8, 4) is 5.75 Å². The molecule has 2 aromatic rings. The molecule has 1 aromatic carbocycles. The van der Waals surface area contributed by atoms with Gasteiger partial charge in [-0.3, -0.25) is 4.79 Å². The number of carbonyl (C=O) groups excluding carboxylic acids is 2. The fourth-order valence-corrected chi connectivity index (χ4v) is 2.07. The molecule has 1 heterocycles. The van der Waals surface area contributed by atoms with Gasteiger partial charge in [0.05, 0.1) is 17.9 Å². The second-order valence-corrected chi connectivity index (χ2v) is 5.61. The first-order valence-electron chi connectivity index (χ1n) is 7.86. The molecule has 25 heavy (non-hydrogen) atoms. The number of hydrogen-bond acceptors (Lipinski definition) is 5. The molecule has 0 aliphatic rings. The number of nitrogens with zero attached hydrogens (tertiary/aromatic N) is 1. The fraction of sp³-hybridized carbons (Fsp3) is 0.278. The Hall–Kier alpha value is -2.60. The van der Waals surface area contributed by atoms with Gasteiger partial charge in [-0.25, -0.2) is 9.78 Å². The normalized spacial score (nSPS) is 11.5. The van der Waals surface area contributed by atoms with Crippen molar-refractivity contribution >= 4 is 29.2 Å². The first-order chi connectivity index (χ1) is 12.0. The van der Waals surface area contributed by atoms with Gasteiger partial charge in [-0.05, 0) is 49.7 Å². The quantitative estimate of drug-likeness (QED) is 0.600. The summed E-state index contributed by atoms with van der Waals surface area (Å²) in [6, 6.07) is 9.81. The molecule has 0 radical (unpaired) electrons. The Labute approximate surface area is 151 Å². The number of carbonyl (C=O) groups is 2. The van der Waals surface area contributed by atoms with Crippen LogP contribution in [0, 0.1) is 0 Å². The average Bonchev–Trinajstić information content (AvgIpc) is 2.62. The van der Waals surface area contributed by atoms with Gasteiger partial charge >= 0.3 is 5.97 Å². The highest BCUT2D eigenvalue weighted by Gasteiger charge is 2.20. The number of amides is 1. The Balaban J connectivity index is 1.92. The lowest BCUT2D eigenvalue weighted by Crippen LogP contribution is -2.30. The minimum absolute atomic E-state index is 0.164. The largest absolute Gasteiger partial charge is 0.494 e. The van der Waals surface area contributed by atoms with Gasteiger partial charge in [0.1, 0.15) is 5.75 Å². The number of benzene rings is 1. The number of aromatic nitrogens is 1. The summed E-state index contributed by atoms with van der Waals surface area (Å²) < 4.78 is 10.6. The van der Waals surface area contributed by atoms with E-state index >= 15 is 0 Å². The molecule has 7 heteroatoms. The van der Waals surface area contributed by atoms with Crippen molar-refractivity contribution in [1.29, 1.82) is 0 Å². The summed E-state index contributed by atoms with van der Waals surface area (Å²) in [4.78, 5) is 28.1. The smallest absolute Gasteiger partial charge is 0.338 e. The van der Waals surface area contributed by atoms with E-state index in [2.05, 4.69) is 10.3 Å². The molecule has 0 unspecified atom stereocenters.